The average Bonchev–Trinajstić information content (AvgIpc) is 2.71. The van der Waals surface area contributed by atoms with Gasteiger partial charge >= 0.3 is 0 Å². The van der Waals surface area contributed by atoms with Crippen molar-refractivity contribution in [2.24, 2.45) is 0 Å². The Morgan fingerprint density at radius 2 is 1.63 bits per heavy atom. The molecule has 0 saturated heterocycles. The number of anilines is 3. The van der Waals surface area contributed by atoms with Crippen LogP contribution >= 0.6 is 0 Å². The summed E-state index contributed by atoms with van der Waals surface area (Å²) in [6, 6.07) is 10.6. The fraction of sp³-hybridized carbons (Fsp3) is 0.250. The van der Waals surface area contributed by atoms with Crippen molar-refractivity contribution in [2.75, 3.05) is 30.8 Å². The predicted octanol–water partition coefficient (Wildman–Crippen LogP) is 2.63. The number of pyridine rings is 1. The van der Waals surface area contributed by atoms with E-state index in [2.05, 4.69) is 30.3 Å². The third-order valence-corrected chi connectivity index (χ3v) is 5.65. The number of aryl methyl sites for hydroxylation is 2. The zero-order valence-electron chi connectivity index (χ0n) is 17.0. The van der Waals surface area contributed by atoms with Crippen LogP contribution in [0.15, 0.2) is 53.8 Å². The Balaban J connectivity index is 1.57. The van der Waals surface area contributed by atoms with Crippen molar-refractivity contribution in [3.05, 3.63) is 60.0 Å². The summed E-state index contributed by atoms with van der Waals surface area (Å²) in [6.07, 6.45) is 3.13. The molecule has 0 atom stereocenters. The smallest absolute Gasteiger partial charge is 0.244 e. The molecule has 0 unspecified atom stereocenters. The first-order chi connectivity index (χ1) is 14.4. The van der Waals surface area contributed by atoms with Gasteiger partial charge in [0.1, 0.15) is 34.4 Å². The van der Waals surface area contributed by atoms with E-state index in [0.717, 1.165) is 11.1 Å². The Hall–Kier alpha value is -3.24. The Kier molecular flexibility index (Phi) is 6.80. The van der Waals surface area contributed by atoms with Gasteiger partial charge in [0.2, 0.25) is 10.0 Å². The molecule has 3 rings (SSSR count). The molecule has 3 N–H and O–H groups in total. The Bertz CT molecular complexity index is 1120. The molecule has 2 heterocycles. The van der Waals surface area contributed by atoms with Crippen LogP contribution in [0.2, 0.25) is 0 Å². The van der Waals surface area contributed by atoms with Crippen LogP contribution in [0.5, 0.6) is 5.75 Å². The zero-order chi connectivity index (χ0) is 21.6. The molecular formula is C20H24N6O3S. The van der Waals surface area contributed by atoms with Crippen molar-refractivity contribution in [3.63, 3.8) is 0 Å². The molecule has 0 aliphatic heterocycles. The molecule has 10 heteroatoms. The van der Waals surface area contributed by atoms with Crippen LogP contribution < -0.4 is 20.1 Å². The minimum absolute atomic E-state index is 0.115. The fourth-order valence-electron chi connectivity index (χ4n) is 2.71. The van der Waals surface area contributed by atoms with Gasteiger partial charge in [-0.1, -0.05) is 6.07 Å². The highest BCUT2D eigenvalue weighted by Gasteiger charge is 2.19. The van der Waals surface area contributed by atoms with Gasteiger partial charge in [0, 0.05) is 25.4 Å². The molecule has 0 aliphatic rings. The molecule has 0 spiro atoms. The lowest BCUT2D eigenvalue weighted by Crippen LogP contribution is -2.29. The fourth-order valence-corrected chi connectivity index (χ4v) is 3.99. The van der Waals surface area contributed by atoms with Gasteiger partial charge in [0.05, 0.1) is 7.11 Å². The van der Waals surface area contributed by atoms with Gasteiger partial charge in [-0.15, -0.1) is 0 Å². The standard InChI is InChI=1S/C20H24N6O3S/c1-14-4-5-16(29-3)17(10-14)30(27,28)25-9-8-22-18-12-20(24-13-23-18)26-19-11-15(2)6-7-21-19/h4-7,10-13,25H,8-9H2,1-3H3,(H2,21,22,23,24,26). The van der Waals surface area contributed by atoms with E-state index in [4.69, 9.17) is 4.74 Å². The molecule has 30 heavy (non-hydrogen) atoms. The maximum Gasteiger partial charge on any atom is 0.244 e. The van der Waals surface area contributed by atoms with Crippen LogP contribution in [0.4, 0.5) is 17.5 Å². The van der Waals surface area contributed by atoms with Gasteiger partial charge in [-0.3, -0.25) is 0 Å². The van der Waals surface area contributed by atoms with E-state index in [1.807, 2.05) is 26.0 Å². The largest absolute Gasteiger partial charge is 0.495 e. The lowest BCUT2D eigenvalue weighted by atomic mass is 10.2. The highest BCUT2D eigenvalue weighted by Crippen LogP contribution is 2.24. The van der Waals surface area contributed by atoms with E-state index in [0.29, 0.717) is 29.7 Å². The predicted molar refractivity (Wildman–Crippen MR) is 116 cm³/mol. The van der Waals surface area contributed by atoms with Gasteiger partial charge in [0.15, 0.2) is 0 Å². The van der Waals surface area contributed by atoms with E-state index in [1.165, 1.54) is 13.4 Å². The third-order valence-electron chi connectivity index (χ3n) is 4.17. The van der Waals surface area contributed by atoms with Crippen LogP contribution in [0, 0.1) is 13.8 Å². The minimum Gasteiger partial charge on any atom is -0.495 e. The molecule has 0 radical (unpaired) electrons. The summed E-state index contributed by atoms with van der Waals surface area (Å²) in [6.45, 7) is 4.32. The molecule has 2 aromatic heterocycles. The summed E-state index contributed by atoms with van der Waals surface area (Å²) < 4.78 is 32.9. The normalized spacial score (nSPS) is 11.2. The summed E-state index contributed by atoms with van der Waals surface area (Å²) in [5, 5.41) is 6.19. The van der Waals surface area contributed by atoms with Crippen molar-refractivity contribution >= 4 is 27.5 Å². The van der Waals surface area contributed by atoms with Gasteiger partial charge in [-0.2, -0.15) is 0 Å². The molecule has 0 fully saturated rings. The number of sulfonamides is 1. The van der Waals surface area contributed by atoms with E-state index < -0.39 is 10.0 Å². The SMILES string of the molecule is COc1ccc(C)cc1S(=O)(=O)NCCNc1cc(Nc2cc(C)ccn2)ncn1. The van der Waals surface area contributed by atoms with Gasteiger partial charge < -0.3 is 15.4 Å². The van der Waals surface area contributed by atoms with Crippen molar-refractivity contribution in [3.8, 4) is 5.75 Å². The number of ether oxygens (including phenoxy) is 1. The molecule has 1 aromatic carbocycles. The van der Waals surface area contributed by atoms with Crippen molar-refractivity contribution < 1.29 is 13.2 Å². The average molecular weight is 429 g/mol. The number of hydrogen-bond acceptors (Lipinski definition) is 8. The molecule has 3 aromatic rings. The van der Waals surface area contributed by atoms with Crippen molar-refractivity contribution in [1.29, 1.82) is 0 Å². The van der Waals surface area contributed by atoms with E-state index in [1.54, 1.807) is 30.5 Å². The maximum absolute atomic E-state index is 12.6. The summed E-state index contributed by atoms with van der Waals surface area (Å²) >= 11 is 0. The number of hydrogen-bond donors (Lipinski definition) is 3. The summed E-state index contributed by atoms with van der Waals surface area (Å²) in [7, 11) is -2.26. The molecule has 0 saturated carbocycles. The quantitative estimate of drug-likeness (QED) is 0.445. The van der Waals surface area contributed by atoms with Crippen LogP contribution in [0.25, 0.3) is 0 Å². The monoisotopic (exact) mass is 428 g/mol. The molecule has 0 bridgehead atoms. The van der Waals surface area contributed by atoms with E-state index in [-0.39, 0.29) is 11.4 Å². The van der Waals surface area contributed by atoms with Crippen molar-refractivity contribution in [1.82, 2.24) is 19.7 Å². The highest BCUT2D eigenvalue weighted by molar-refractivity contribution is 7.89. The number of nitrogens with one attached hydrogen (secondary N) is 3. The Labute approximate surface area is 176 Å². The summed E-state index contributed by atoms with van der Waals surface area (Å²) in [5.74, 6) is 2.13. The second-order valence-electron chi connectivity index (χ2n) is 6.61. The maximum atomic E-state index is 12.6. The number of nitrogens with zero attached hydrogens (tertiary/aromatic N) is 3. The second kappa shape index (κ2) is 9.51. The lowest BCUT2D eigenvalue weighted by molar-refractivity contribution is 0.402. The first kappa shape index (κ1) is 21.5. The Morgan fingerprint density at radius 3 is 2.40 bits per heavy atom. The van der Waals surface area contributed by atoms with Crippen LogP contribution in [-0.2, 0) is 10.0 Å². The molecule has 158 valence electrons. The lowest BCUT2D eigenvalue weighted by Gasteiger charge is -2.12. The zero-order valence-corrected chi connectivity index (χ0v) is 17.8. The van der Waals surface area contributed by atoms with Crippen LogP contribution in [0.1, 0.15) is 11.1 Å². The molecule has 0 amide bonds. The highest BCUT2D eigenvalue weighted by atomic mass is 32.2. The number of rotatable bonds is 9. The van der Waals surface area contributed by atoms with Gasteiger partial charge in [0.25, 0.3) is 0 Å². The van der Waals surface area contributed by atoms with Crippen LogP contribution in [-0.4, -0.2) is 43.6 Å². The topological polar surface area (TPSA) is 118 Å². The first-order valence-electron chi connectivity index (χ1n) is 9.27. The summed E-state index contributed by atoms with van der Waals surface area (Å²) in [5.41, 5.74) is 1.91. The number of aromatic nitrogens is 3. The minimum atomic E-state index is -3.70. The second-order valence-corrected chi connectivity index (χ2v) is 8.35. The Morgan fingerprint density at radius 1 is 0.900 bits per heavy atom. The van der Waals surface area contributed by atoms with Crippen molar-refractivity contribution in [2.45, 2.75) is 18.7 Å². The van der Waals surface area contributed by atoms with Gasteiger partial charge in [-0.05, 0) is 49.2 Å². The number of benzene rings is 1. The third kappa shape index (κ3) is 5.65. The van der Waals surface area contributed by atoms with E-state index in [9.17, 15) is 8.42 Å². The molecule has 9 nitrogen and oxygen atoms in total. The van der Waals surface area contributed by atoms with Gasteiger partial charge in [-0.25, -0.2) is 28.1 Å². The summed E-state index contributed by atoms with van der Waals surface area (Å²) in [4.78, 5) is 12.7. The number of methoxy groups -OCH3 is 1. The first-order valence-corrected chi connectivity index (χ1v) is 10.8. The van der Waals surface area contributed by atoms with Crippen LogP contribution in [0.3, 0.4) is 0 Å². The van der Waals surface area contributed by atoms with E-state index >= 15 is 0 Å². The molecule has 0 aliphatic carbocycles. The molecular weight excluding hydrogens is 404 g/mol.